The summed E-state index contributed by atoms with van der Waals surface area (Å²) >= 11 is 6.23. The van der Waals surface area contributed by atoms with E-state index >= 15 is 0 Å². The molecule has 0 aliphatic carbocycles. The Kier molecular flexibility index (Phi) is 5.38. The molecule has 150 valence electrons. The molecule has 0 saturated carbocycles. The Morgan fingerprint density at radius 2 is 1.70 bits per heavy atom. The molecular weight excluding hydrogens is 396 g/mol. The fraction of sp³-hybridized carbons (Fsp3) is 0.125. The molecule has 0 aliphatic heterocycles. The summed E-state index contributed by atoms with van der Waals surface area (Å²) in [5, 5.41) is 8.06. The number of aromatic nitrogens is 3. The van der Waals surface area contributed by atoms with E-state index in [-0.39, 0.29) is 11.7 Å². The minimum Gasteiger partial charge on any atom is -0.319 e. The maximum Gasteiger partial charge on any atom is 0.295 e. The van der Waals surface area contributed by atoms with Crippen molar-refractivity contribution in [3.05, 3.63) is 94.3 Å². The number of aryl methyl sites for hydroxylation is 2. The molecule has 3 aromatic carbocycles. The first-order valence-corrected chi connectivity index (χ1v) is 9.98. The zero-order valence-electron chi connectivity index (χ0n) is 17.0. The lowest BCUT2D eigenvalue weighted by molar-refractivity contribution is 0.101. The molecule has 30 heavy (non-hydrogen) atoms. The predicted octanol–water partition coefficient (Wildman–Crippen LogP) is 5.77. The number of carbonyl (C=O) groups is 1. The van der Waals surface area contributed by atoms with Gasteiger partial charge in [-0.1, -0.05) is 60.1 Å². The molecule has 1 amide bonds. The number of halogens is 1. The van der Waals surface area contributed by atoms with Crippen LogP contribution in [-0.2, 0) is 0 Å². The van der Waals surface area contributed by atoms with Gasteiger partial charge in [0.15, 0.2) is 5.82 Å². The smallest absolute Gasteiger partial charge is 0.295 e. The van der Waals surface area contributed by atoms with Gasteiger partial charge in [0.1, 0.15) is 0 Å². The Morgan fingerprint density at radius 1 is 0.933 bits per heavy atom. The lowest BCUT2D eigenvalue weighted by Crippen LogP contribution is -2.15. The van der Waals surface area contributed by atoms with Gasteiger partial charge in [0.05, 0.1) is 5.69 Å². The first kappa shape index (κ1) is 19.9. The van der Waals surface area contributed by atoms with Crippen molar-refractivity contribution in [1.82, 2.24) is 14.8 Å². The van der Waals surface area contributed by atoms with Crippen LogP contribution >= 0.6 is 11.6 Å². The fourth-order valence-corrected chi connectivity index (χ4v) is 3.39. The largest absolute Gasteiger partial charge is 0.319 e. The molecule has 5 nitrogen and oxygen atoms in total. The van der Waals surface area contributed by atoms with E-state index in [9.17, 15) is 4.79 Å². The van der Waals surface area contributed by atoms with Crippen LogP contribution in [0.2, 0.25) is 5.02 Å². The summed E-state index contributed by atoms with van der Waals surface area (Å²) in [7, 11) is 0. The monoisotopic (exact) mass is 416 g/mol. The third-order valence-electron chi connectivity index (χ3n) is 5.09. The third kappa shape index (κ3) is 3.84. The summed E-state index contributed by atoms with van der Waals surface area (Å²) in [4.78, 5) is 17.6. The number of nitrogens with one attached hydrogen (secondary N) is 1. The summed E-state index contributed by atoms with van der Waals surface area (Å²) in [6.45, 7) is 5.95. The van der Waals surface area contributed by atoms with Crippen molar-refractivity contribution in [3.8, 4) is 17.1 Å². The van der Waals surface area contributed by atoms with Gasteiger partial charge in [-0.3, -0.25) is 4.79 Å². The third-order valence-corrected chi connectivity index (χ3v) is 5.33. The molecule has 0 saturated heterocycles. The molecule has 4 aromatic rings. The van der Waals surface area contributed by atoms with Crippen LogP contribution in [0.4, 0.5) is 5.69 Å². The van der Waals surface area contributed by atoms with Crippen molar-refractivity contribution in [1.29, 1.82) is 0 Å². The van der Waals surface area contributed by atoms with E-state index in [0.717, 1.165) is 33.6 Å². The van der Waals surface area contributed by atoms with Gasteiger partial charge in [-0.05, 0) is 55.7 Å². The second kappa shape index (κ2) is 8.13. The highest BCUT2D eigenvalue weighted by atomic mass is 35.5. The van der Waals surface area contributed by atoms with E-state index in [4.69, 9.17) is 11.6 Å². The highest BCUT2D eigenvalue weighted by Gasteiger charge is 2.20. The van der Waals surface area contributed by atoms with E-state index < -0.39 is 0 Å². The molecule has 0 bridgehead atoms. The van der Waals surface area contributed by atoms with Crippen molar-refractivity contribution in [3.63, 3.8) is 0 Å². The second-order valence-corrected chi connectivity index (χ2v) is 7.61. The van der Waals surface area contributed by atoms with Gasteiger partial charge in [-0.2, -0.15) is 0 Å². The van der Waals surface area contributed by atoms with Gasteiger partial charge in [-0.15, -0.1) is 5.10 Å². The number of amides is 1. The quantitative estimate of drug-likeness (QED) is 0.459. The Labute approximate surface area is 180 Å². The average molecular weight is 417 g/mol. The molecule has 4 rings (SSSR count). The Bertz CT molecular complexity index is 1230. The zero-order valence-corrected chi connectivity index (χ0v) is 17.7. The number of anilines is 1. The molecule has 1 N–H and O–H groups in total. The topological polar surface area (TPSA) is 59.8 Å². The van der Waals surface area contributed by atoms with Crippen LogP contribution in [0.15, 0.2) is 66.7 Å². The van der Waals surface area contributed by atoms with Gasteiger partial charge in [-0.25, -0.2) is 9.67 Å². The summed E-state index contributed by atoms with van der Waals surface area (Å²) < 4.78 is 1.68. The van der Waals surface area contributed by atoms with Crippen LogP contribution in [0, 0.1) is 20.8 Å². The number of hydrogen-bond donors (Lipinski definition) is 1. The first-order chi connectivity index (χ1) is 14.4. The Balaban J connectivity index is 1.80. The molecule has 0 spiro atoms. The average Bonchev–Trinajstić information content (AvgIpc) is 3.19. The number of benzene rings is 3. The van der Waals surface area contributed by atoms with Crippen LogP contribution in [-0.4, -0.2) is 20.7 Å². The number of rotatable bonds is 4. The molecular formula is C24H21ClN4O. The number of carbonyl (C=O) groups excluding carboxylic acids is 1. The van der Waals surface area contributed by atoms with E-state index in [1.807, 2.05) is 87.5 Å². The van der Waals surface area contributed by atoms with Crippen LogP contribution in [0.25, 0.3) is 17.1 Å². The van der Waals surface area contributed by atoms with Gasteiger partial charge in [0.2, 0.25) is 5.82 Å². The Morgan fingerprint density at radius 3 is 2.47 bits per heavy atom. The summed E-state index contributed by atoms with van der Waals surface area (Å²) in [6, 6.07) is 21.0. The van der Waals surface area contributed by atoms with E-state index in [0.29, 0.717) is 10.8 Å². The molecule has 1 heterocycles. The number of nitrogens with zero attached hydrogens (tertiary/aromatic N) is 3. The molecule has 6 heteroatoms. The van der Waals surface area contributed by atoms with Gasteiger partial charge in [0, 0.05) is 16.3 Å². The molecule has 0 atom stereocenters. The molecule has 0 aliphatic rings. The maximum absolute atomic E-state index is 13.0. The highest BCUT2D eigenvalue weighted by Crippen LogP contribution is 2.26. The van der Waals surface area contributed by atoms with Crippen molar-refractivity contribution in [2.75, 3.05) is 5.32 Å². The zero-order chi connectivity index (χ0) is 21.3. The maximum atomic E-state index is 13.0. The van der Waals surface area contributed by atoms with E-state index in [1.165, 1.54) is 0 Å². The Hall–Kier alpha value is -3.44. The predicted molar refractivity (Wildman–Crippen MR) is 120 cm³/mol. The van der Waals surface area contributed by atoms with Crippen molar-refractivity contribution >= 4 is 23.2 Å². The van der Waals surface area contributed by atoms with Crippen molar-refractivity contribution in [2.24, 2.45) is 0 Å². The normalized spacial score (nSPS) is 10.8. The van der Waals surface area contributed by atoms with Crippen LogP contribution in [0.5, 0.6) is 0 Å². The van der Waals surface area contributed by atoms with E-state index in [2.05, 4.69) is 15.4 Å². The minimum absolute atomic E-state index is 0.0918. The molecule has 1 aromatic heterocycles. The van der Waals surface area contributed by atoms with Crippen molar-refractivity contribution < 1.29 is 4.79 Å². The standard InChI is InChI=1S/C24H21ClN4O/c1-15-8-7-11-20(17(15)3)26-24(30)22-27-23(18-9-5-4-6-10-18)29(28-22)21-14-19(25)13-12-16(21)2/h4-14H,1-3H3,(H,26,30). The lowest BCUT2D eigenvalue weighted by atomic mass is 10.1. The lowest BCUT2D eigenvalue weighted by Gasteiger charge is -2.09. The summed E-state index contributed by atoms with van der Waals surface area (Å²) in [5.74, 6) is 0.306. The van der Waals surface area contributed by atoms with E-state index in [1.54, 1.807) is 4.68 Å². The van der Waals surface area contributed by atoms with Crippen LogP contribution < -0.4 is 5.32 Å². The first-order valence-electron chi connectivity index (χ1n) is 9.60. The SMILES string of the molecule is Cc1ccc(Cl)cc1-n1nc(C(=O)Nc2cccc(C)c2C)nc1-c1ccccc1. The molecule has 0 fully saturated rings. The van der Waals surface area contributed by atoms with Gasteiger partial charge >= 0.3 is 0 Å². The van der Waals surface area contributed by atoms with Crippen LogP contribution in [0.1, 0.15) is 27.3 Å². The molecule has 0 unspecified atom stereocenters. The highest BCUT2D eigenvalue weighted by molar-refractivity contribution is 6.30. The minimum atomic E-state index is -0.362. The fourth-order valence-electron chi connectivity index (χ4n) is 3.23. The second-order valence-electron chi connectivity index (χ2n) is 7.17. The summed E-state index contributed by atoms with van der Waals surface area (Å²) in [5.41, 5.74) is 5.47. The number of hydrogen-bond acceptors (Lipinski definition) is 3. The van der Waals surface area contributed by atoms with Gasteiger partial charge < -0.3 is 5.32 Å². The van der Waals surface area contributed by atoms with Crippen LogP contribution in [0.3, 0.4) is 0 Å². The molecule has 0 radical (unpaired) electrons. The van der Waals surface area contributed by atoms with Gasteiger partial charge in [0.25, 0.3) is 5.91 Å². The summed E-state index contributed by atoms with van der Waals surface area (Å²) in [6.07, 6.45) is 0. The van der Waals surface area contributed by atoms with Crippen molar-refractivity contribution in [2.45, 2.75) is 20.8 Å².